The minimum atomic E-state index is -0.819. The smallest absolute Gasteiger partial charge is 0.317 e. The zero-order chi connectivity index (χ0) is 14.5. The van der Waals surface area contributed by atoms with Gasteiger partial charge < -0.3 is 15.3 Å². The van der Waals surface area contributed by atoms with Crippen LogP contribution in [0.4, 0.5) is 4.79 Å². The van der Waals surface area contributed by atoms with Gasteiger partial charge in [-0.25, -0.2) is 4.79 Å². The lowest BCUT2D eigenvalue weighted by atomic mass is 10.1. The predicted molar refractivity (Wildman–Crippen MR) is 75.6 cm³/mol. The number of carboxylic acids is 1. The van der Waals surface area contributed by atoms with Crippen molar-refractivity contribution in [1.29, 1.82) is 0 Å². The lowest BCUT2D eigenvalue weighted by Gasteiger charge is -2.16. The second kappa shape index (κ2) is 6.41. The maximum Gasteiger partial charge on any atom is 0.317 e. The second-order valence-electron chi connectivity index (χ2n) is 5.24. The van der Waals surface area contributed by atoms with Gasteiger partial charge in [-0.15, -0.1) is 0 Å². The summed E-state index contributed by atoms with van der Waals surface area (Å²) in [7, 11) is 0. The fraction of sp³-hybridized carbons (Fsp3) is 0.467. The summed E-state index contributed by atoms with van der Waals surface area (Å²) in [6.45, 7) is 3.44. The van der Waals surface area contributed by atoms with Gasteiger partial charge in [0.05, 0.1) is 5.92 Å². The number of amides is 2. The van der Waals surface area contributed by atoms with Gasteiger partial charge in [0.15, 0.2) is 0 Å². The third-order valence-corrected chi connectivity index (χ3v) is 3.60. The van der Waals surface area contributed by atoms with Crippen LogP contribution in [0, 0.1) is 12.8 Å². The van der Waals surface area contributed by atoms with Crippen molar-refractivity contribution in [1.82, 2.24) is 10.2 Å². The molecule has 2 rings (SSSR count). The fourth-order valence-electron chi connectivity index (χ4n) is 2.44. The van der Waals surface area contributed by atoms with Crippen molar-refractivity contribution in [2.75, 3.05) is 19.6 Å². The lowest BCUT2D eigenvalue weighted by Crippen LogP contribution is -2.39. The highest BCUT2D eigenvalue weighted by Crippen LogP contribution is 2.16. The first-order chi connectivity index (χ1) is 9.56. The van der Waals surface area contributed by atoms with Crippen LogP contribution in [0.5, 0.6) is 0 Å². The van der Waals surface area contributed by atoms with E-state index < -0.39 is 11.9 Å². The lowest BCUT2D eigenvalue weighted by molar-refractivity contribution is -0.141. The highest BCUT2D eigenvalue weighted by atomic mass is 16.4. The monoisotopic (exact) mass is 276 g/mol. The number of nitrogens with one attached hydrogen (secondary N) is 1. The number of nitrogens with zero attached hydrogens (tertiary/aromatic N) is 1. The van der Waals surface area contributed by atoms with Crippen molar-refractivity contribution in [2.24, 2.45) is 5.92 Å². The van der Waals surface area contributed by atoms with E-state index in [0.29, 0.717) is 26.1 Å². The van der Waals surface area contributed by atoms with E-state index >= 15 is 0 Å². The molecular formula is C15H20N2O3. The summed E-state index contributed by atoms with van der Waals surface area (Å²) in [5, 5.41) is 11.8. The molecule has 1 unspecified atom stereocenters. The predicted octanol–water partition coefficient (Wildman–Crippen LogP) is 1.65. The number of urea groups is 1. The topological polar surface area (TPSA) is 69.6 Å². The summed E-state index contributed by atoms with van der Waals surface area (Å²) < 4.78 is 0. The van der Waals surface area contributed by atoms with E-state index in [1.165, 1.54) is 11.1 Å². The third-order valence-electron chi connectivity index (χ3n) is 3.60. The molecule has 1 saturated heterocycles. The molecule has 0 radical (unpaired) electrons. The molecule has 5 nitrogen and oxygen atoms in total. The van der Waals surface area contributed by atoms with Crippen molar-refractivity contribution in [2.45, 2.75) is 19.8 Å². The van der Waals surface area contributed by atoms with Crippen molar-refractivity contribution < 1.29 is 14.7 Å². The number of carboxylic acid groups (broad SMARTS) is 1. The molecule has 2 N–H and O–H groups in total. The minimum absolute atomic E-state index is 0.165. The minimum Gasteiger partial charge on any atom is -0.481 e. The van der Waals surface area contributed by atoms with Gasteiger partial charge in [-0.2, -0.15) is 0 Å². The molecule has 1 aliphatic heterocycles. The Morgan fingerprint density at radius 3 is 2.90 bits per heavy atom. The van der Waals surface area contributed by atoms with Gasteiger partial charge in [-0.3, -0.25) is 4.79 Å². The summed E-state index contributed by atoms with van der Waals surface area (Å²) in [5.41, 5.74) is 2.40. The van der Waals surface area contributed by atoms with Crippen molar-refractivity contribution in [3.05, 3.63) is 35.4 Å². The van der Waals surface area contributed by atoms with E-state index in [2.05, 4.69) is 11.4 Å². The first-order valence-electron chi connectivity index (χ1n) is 6.87. The van der Waals surface area contributed by atoms with Crippen LogP contribution in [-0.2, 0) is 11.2 Å². The number of hydrogen-bond donors (Lipinski definition) is 2. The molecule has 0 bridgehead atoms. The van der Waals surface area contributed by atoms with Crippen LogP contribution in [0.1, 0.15) is 17.5 Å². The largest absolute Gasteiger partial charge is 0.481 e. The second-order valence-corrected chi connectivity index (χ2v) is 5.24. The Balaban J connectivity index is 1.75. The number of hydrogen-bond acceptors (Lipinski definition) is 2. The van der Waals surface area contributed by atoms with Crippen molar-refractivity contribution in [3.63, 3.8) is 0 Å². The highest BCUT2D eigenvalue weighted by molar-refractivity contribution is 5.77. The molecular weight excluding hydrogens is 256 g/mol. The van der Waals surface area contributed by atoms with E-state index in [9.17, 15) is 9.59 Å². The first-order valence-corrected chi connectivity index (χ1v) is 6.87. The average Bonchev–Trinajstić information content (AvgIpc) is 2.88. The molecule has 5 heteroatoms. The molecule has 0 saturated carbocycles. The molecule has 108 valence electrons. The Bertz CT molecular complexity index is 502. The highest BCUT2D eigenvalue weighted by Gasteiger charge is 2.30. The van der Waals surface area contributed by atoms with Crippen molar-refractivity contribution in [3.8, 4) is 0 Å². The molecule has 1 fully saturated rings. The van der Waals surface area contributed by atoms with Gasteiger partial charge in [0, 0.05) is 19.6 Å². The standard InChI is InChI=1S/C15H20N2O3/c1-11-3-2-4-12(9-11)5-7-16-15(20)17-8-6-13(10-17)14(18)19/h2-4,9,13H,5-8,10H2,1H3,(H,16,20)(H,18,19). The van der Waals surface area contributed by atoms with Crippen LogP contribution >= 0.6 is 0 Å². The maximum absolute atomic E-state index is 11.9. The molecule has 0 aliphatic carbocycles. The Morgan fingerprint density at radius 1 is 1.45 bits per heavy atom. The quantitative estimate of drug-likeness (QED) is 0.878. The Labute approximate surface area is 118 Å². The average molecular weight is 276 g/mol. The Hall–Kier alpha value is -2.04. The van der Waals surface area contributed by atoms with E-state index in [1.807, 2.05) is 25.1 Å². The number of carbonyl (C=O) groups excluding carboxylic acids is 1. The van der Waals surface area contributed by atoms with Gasteiger partial charge in [-0.1, -0.05) is 29.8 Å². The SMILES string of the molecule is Cc1cccc(CCNC(=O)N2CCC(C(=O)O)C2)c1. The first kappa shape index (κ1) is 14.4. The van der Waals surface area contributed by atoms with Crippen LogP contribution in [-0.4, -0.2) is 41.6 Å². The van der Waals surface area contributed by atoms with E-state index in [1.54, 1.807) is 4.90 Å². The van der Waals surface area contributed by atoms with Gasteiger partial charge >= 0.3 is 12.0 Å². The number of aliphatic carboxylic acids is 1. The number of carbonyl (C=O) groups is 2. The van der Waals surface area contributed by atoms with Gasteiger partial charge in [0.25, 0.3) is 0 Å². The zero-order valence-corrected chi connectivity index (χ0v) is 11.6. The number of likely N-dealkylation sites (tertiary alicyclic amines) is 1. The van der Waals surface area contributed by atoms with E-state index in [0.717, 1.165) is 6.42 Å². The maximum atomic E-state index is 11.9. The van der Waals surface area contributed by atoms with Crippen LogP contribution in [0.25, 0.3) is 0 Å². The Kier molecular flexibility index (Phi) is 4.61. The van der Waals surface area contributed by atoms with Crippen molar-refractivity contribution >= 4 is 12.0 Å². The molecule has 2 amide bonds. The van der Waals surface area contributed by atoms with Gasteiger partial charge in [-0.05, 0) is 25.3 Å². The van der Waals surface area contributed by atoms with Crippen LogP contribution in [0.3, 0.4) is 0 Å². The summed E-state index contributed by atoms with van der Waals surface area (Å²) in [6, 6.07) is 8.02. The molecule has 0 spiro atoms. The van der Waals surface area contributed by atoms with Crippen LogP contribution < -0.4 is 5.32 Å². The molecule has 20 heavy (non-hydrogen) atoms. The summed E-state index contributed by atoms with van der Waals surface area (Å²) >= 11 is 0. The number of aryl methyl sites for hydroxylation is 1. The summed E-state index contributed by atoms with van der Waals surface area (Å²) in [6.07, 6.45) is 1.32. The molecule has 1 aromatic rings. The molecule has 1 atom stereocenters. The molecule has 0 aromatic heterocycles. The number of benzene rings is 1. The normalized spacial score (nSPS) is 18.1. The third kappa shape index (κ3) is 3.73. The number of rotatable bonds is 4. The van der Waals surface area contributed by atoms with E-state index in [-0.39, 0.29) is 6.03 Å². The molecule has 1 aliphatic rings. The summed E-state index contributed by atoms with van der Waals surface area (Å²) in [4.78, 5) is 24.3. The van der Waals surface area contributed by atoms with Gasteiger partial charge in [0.1, 0.15) is 0 Å². The summed E-state index contributed by atoms with van der Waals surface area (Å²) in [5.74, 6) is -1.24. The van der Waals surface area contributed by atoms with E-state index in [4.69, 9.17) is 5.11 Å². The fourth-order valence-corrected chi connectivity index (χ4v) is 2.44. The van der Waals surface area contributed by atoms with Crippen LogP contribution in [0.15, 0.2) is 24.3 Å². The molecule has 1 heterocycles. The Morgan fingerprint density at radius 2 is 2.25 bits per heavy atom. The molecule has 1 aromatic carbocycles. The zero-order valence-electron chi connectivity index (χ0n) is 11.6. The van der Waals surface area contributed by atoms with Gasteiger partial charge in [0.2, 0.25) is 0 Å². The van der Waals surface area contributed by atoms with Crippen LogP contribution in [0.2, 0.25) is 0 Å².